The Bertz CT molecular complexity index is 309. The van der Waals surface area contributed by atoms with Crippen LogP contribution >= 0.6 is 0 Å². The number of carbonyl (C=O) groups excluding carboxylic acids is 1. The lowest BCUT2D eigenvalue weighted by Gasteiger charge is -2.23. The highest BCUT2D eigenvalue weighted by Crippen LogP contribution is 2.17. The van der Waals surface area contributed by atoms with Crippen LogP contribution in [0.1, 0.15) is 51.9 Å². The monoisotopic (exact) mass is 272 g/mol. The van der Waals surface area contributed by atoms with Crippen LogP contribution in [0.15, 0.2) is 0 Å². The van der Waals surface area contributed by atoms with E-state index in [4.69, 9.17) is 5.11 Å². The van der Waals surface area contributed by atoms with Crippen LogP contribution in [0.25, 0.3) is 0 Å². The number of carbonyl (C=O) groups is 2. The van der Waals surface area contributed by atoms with E-state index in [1.807, 2.05) is 6.92 Å². The number of amides is 2. The normalized spacial score (nSPS) is 25.2. The molecule has 2 unspecified atom stereocenters. The number of hydrogen-bond donors (Lipinski definition) is 4. The summed E-state index contributed by atoms with van der Waals surface area (Å²) < 4.78 is 0. The molecule has 0 aliphatic heterocycles. The maximum atomic E-state index is 11.8. The van der Waals surface area contributed by atoms with E-state index in [1.54, 1.807) is 0 Å². The molecule has 0 bridgehead atoms. The fourth-order valence-corrected chi connectivity index (χ4v) is 2.37. The van der Waals surface area contributed by atoms with E-state index in [-0.39, 0.29) is 6.04 Å². The number of urea groups is 1. The standard InChI is InChI=1S/C13H24N2O4/c1-2-6-10(12(17)18)15-13(19)14-9-7-4-3-5-8-11(9)16/h9-11,16H,2-8H2,1H3,(H,17,18)(H2,14,15,19)/t9?,10-,11?/m1/s1. The van der Waals surface area contributed by atoms with E-state index in [1.165, 1.54) is 0 Å². The third kappa shape index (κ3) is 5.46. The maximum Gasteiger partial charge on any atom is 0.326 e. The Morgan fingerprint density at radius 2 is 1.95 bits per heavy atom. The minimum atomic E-state index is -1.03. The zero-order chi connectivity index (χ0) is 14.3. The van der Waals surface area contributed by atoms with Crippen molar-refractivity contribution in [3.63, 3.8) is 0 Å². The highest BCUT2D eigenvalue weighted by atomic mass is 16.4. The Hall–Kier alpha value is -1.30. The molecule has 1 rings (SSSR count). The number of aliphatic hydroxyl groups excluding tert-OH is 1. The fourth-order valence-electron chi connectivity index (χ4n) is 2.37. The lowest BCUT2D eigenvalue weighted by Crippen LogP contribution is -2.51. The summed E-state index contributed by atoms with van der Waals surface area (Å²) in [5.74, 6) is -1.03. The molecular weight excluding hydrogens is 248 g/mol. The maximum absolute atomic E-state index is 11.8. The van der Waals surface area contributed by atoms with Crippen molar-refractivity contribution < 1.29 is 19.8 Å². The number of hydrogen-bond acceptors (Lipinski definition) is 3. The van der Waals surface area contributed by atoms with E-state index in [2.05, 4.69) is 10.6 Å². The predicted octanol–water partition coefficient (Wildman–Crippen LogP) is 1.23. The smallest absolute Gasteiger partial charge is 0.326 e. The number of aliphatic hydroxyl groups is 1. The third-order valence-electron chi connectivity index (χ3n) is 3.48. The van der Waals surface area contributed by atoms with Gasteiger partial charge in [0.2, 0.25) is 0 Å². The average molecular weight is 272 g/mol. The predicted molar refractivity (Wildman–Crippen MR) is 70.9 cm³/mol. The molecule has 1 aliphatic carbocycles. The second-order valence-corrected chi connectivity index (χ2v) is 5.11. The fraction of sp³-hybridized carbons (Fsp3) is 0.846. The Morgan fingerprint density at radius 1 is 1.26 bits per heavy atom. The number of carboxylic acid groups (broad SMARTS) is 1. The van der Waals surface area contributed by atoms with Crippen molar-refractivity contribution in [1.82, 2.24) is 10.6 Å². The molecule has 0 saturated heterocycles. The Balaban J connectivity index is 2.46. The highest BCUT2D eigenvalue weighted by Gasteiger charge is 2.25. The first kappa shape index (κ1) is 15.8. The summed E-state index contributed by atoms with van der Waals surface area (Å²) in [6.07, 6.45) is 4.96. The lowest BCUT2D eigenvalue weighted by atomic mass is 10.1. The van der Waals surface area contributed by atoms with Crippen molar-refractivity contribution in [1.29, 1.82) is 0 Å². The van der Waals surface area contributed by atoms with Crippen molar-refractivity contribution in [3.8, 4) is 0 Å². The molecular formula is C13H24N2O4. The molecule has 1 saturated carbocycles. The van der Waals surface area contributed by atoms with Gasteiger partial charge in [0, 0.05) is 0 Å². The summed E-state index contributed by atoms with van der Waals surface area (Å²) in [6, 6.07) is -1.65. The topological polar surface area (TPSA) is 98.7 Å². The summed E-state index contributed by atoms with van der Waals surface area (Å²) in [6.45, 7) is 1.87. The first-order chi connectivity index (χ1) is 9.04. The van der Waals surface area contributed by atoms with Gasteiger partial charge in [-0.2, -0.15) is 0 Å². The molecule has 1 aliphatic rings. The molecule has 0 spiro atoms. The SMILES string of the molecule is CCC[C@@H](NC(=O)NC1CCCCCC1O)C(=O)O. The molecule has 19 heavy (non-hydrogen) atoms. The van der Waals surface area contributed by atoms with Crippen molar-refractivity contribution >= 4 is 12.0 Å². The molecule has 0 aromatic carbocycles. The largest absolute Gasteiger partial charge is 0.480 e. The molecule has 0 aromatic heterocycles. The van der Waals surface area contributed by atoms with Gasteiger partial charge in [-0.15, -0.1) is 0 Å². The van der Waals surface area contributed by atoms with Crippen molar-refractivity contribution in [2.45, 2.75) is 70.1 Å². The van der Waals surface area contributed by atoms with Gasteiger partial charge in [-0.3, -0.25) is 0 Å². The van der Waals surface area contributed by atoms with Gasteiger partial charge in [0.1, 0.15) is 6.04 Å². The molecule has 4 N–H and O–H groups in total. The van der Waals surface area contributed by atoms with Crippen molar-refractivity contribution in [2.24, 2.45) is 0 Å². The Morgan fingerprint density at radius 3 is 2.58 bits per heavy atom. The van der Waals surface area contributed by atoms with Gasteiger partial charge in [-0.05, 0) is 19.3 Å². The van der Waals surface area contributed by atoms with E-state index in [9.17, 15) is 14.7 Å². The number of rotatable bonds is 5. The summed E-state index contributed by atoms with van der Waals surface area (Å²) in [7, 11) is 0. The number of aliphatic carboxylic acids is 1. The van der Waals surface area contributed by atoms with Gasteiger partial charge in [-0.1, -0.05) is 32.6 Å². The van der Waals surface area contributed by atoms with Crippen LogP contribution in [0.4, 0.5) is 4.79 Å². The van der Waals surface area contributed by atoms with E-state index >= 15 is 0 Å². The summed E-state index contributed by atoms with van der Waals surface area (Å²) in [4.78, 5) is 22.7. The van der Waals surface area contributed by atoms with Crippen LogP contribution in [-0.4, -0.2) is 40.4 Å². The molecule has 2 amide bonds. The molecule has 110 valence electrons. The van der Waals surface area contributed by atoms with Gasteiger partial charge in [-0.25, -0.2) is 9.59 Å². The molecule has 0 radical (unpaired) electrons. The minimum Gasteiger partial charge on any atom is -0.480 e. The highest BCUT2D eigenvalue weighted by molar-refractivity contribution is 5.82. The van der Waals surface area contributed by atoms with Gasteiger partial charge in [0.15, 0.2) is 0 Å². The van der Waals surface area contributed by atoms with Crippen LogP contribution < -0.4 is 10.6 Å². The third-order valence-corrected chi connectivity index (χ3v) is 3.48. The van der Waals surface area contributed by atoms with Crippen LogP contribution in [0.3, 0.4) is 0 Å². The zero-order valence-electron chi connectivity index (χ0n) is 11.4. The number of nitrogens with one attached hydrogen (secondary N) is 2. The second-order valence-electron chi connectivity index (χ2n) is 5.11. The summed E-state index contributed by atoms with van der Waals surface area (Å²) in [5.41, 5.74) is 0. The molecule has 6 heteroatoms. The van der Waals surface area contributed by atoms with Gasteiger partial charge < -0.3 is 20.8 Å². The Labute approximate surface area is 113 Å². The number of carboxylic acids is 1. The molecule has 3 atom stereocenters. The quantitative estimate of drug-likeness (QED) is 0.566. The molecule has 6 nitrogen and oxygen atoms in total. The molecule has 0 aromatic rings. The van der Waals surface area contributed by atoms with Crippen LogP contribution in [0, 0.1) is 0 Å². The van der Waals surface area contributed by atoms with Gasteiger partial charge in [0.05, 0.1) is 12.1 Å². The van der Waals surface area contributed by atoms with Crippen LogP contribution in [0.2, 0.25) is 0 Å². The van der Waals surface area contributed by atoms with Gasteiger partial charge >= 0.3 is 12.0 Å². The summed E-state index contributed by atoms with van der Waals surface area (Å²) in [5, 5.41) is 24.0. The zero-order valence-corrected chi connectivity index (χ0v) is 11.4. The van der Waals surface area contributed by atoms with E-state index in [0.29, 0.717) is 19.3 Å². The van der Waals surface area contributed by atoms with Crippen molar-refractivity contribution in [3.05, 3.63) is 0 Å². The molecule has 1 fully saturated rings. The first-order valence-electron chi connectivity index (χ1n) is 7.02. The van der Waals surface area contributed by atoms with Crippen LogP contribution in [0.5, 0.6) is 0 Å². The minimum absolute atomic E-state index is 0.279. The van der Waals surface area contributed by atoms with Gasteiger partial charge in [0.25, 0.3) is 0 Å². The van der Waals surface area contributed by atoms with E-state index < -0.39 is 24.1 Å². The Kier molecular flexibility index (Phi) is 6.62. The van der Waals surface area contributed by atoms with Crippen molar-refractivity contribution in [2.75, 3.05) is 0 Å². The lowest BCUT2D eigenvalue weighted by molar-refractivity contribution is -0.139. The van der Waals surface area contributed by atoms with E-state index in [0.717, 1.165) is 25.7 Å². The summed E-state index contributed by atoms with van der Waals surface area (Å²) >= 11 is 0. The first-order valence-corrected chi connectivity index (χ1v) is 7.02. The van der Waals surface area contributed by atoms with Crippen LogP contribution in [-0.2, 0) is 4.79 Å². The molecule has 0 heterocycles. The average Bonchev–Trinajstić information content (AvgIpc) is 2.54. The second kappa shape index (κ2) is 7.99.